The quantitative estimate of drug-likeness (QED) is 0.883. The normalized spacial score (nSPS) is 18.2. The molecule has 1 fully saturated rings. The van der Waals surface area contributed by atoms with Crippen molar-refractivity contribution in [1.82, 2.24) is 15.5 Å². The van der Waals surface area contributed by atoms with Gasteiger partial charge in [0.15, 0.2) is 0 Å². The van der Waals surface area contributed by atoms with Crippen molar-refractivity contribution in [2.75, 3.05) is 26.2 Å². The first-order chi connectivity index (χ1) is 9.90. The van der Waals surface area contributed by atoms with Gasteiger partial charge < -0.3 is 5.32 Å². The van der Waals surface area contributed by atoms with Crippen molar-refractivity contribution in [2.45, 2.75) is 19.4 Å². The molecule has 0 aliphatic carbocycles. The van der Waals surface area contributed by atoms with Gasteiger partial charge in [-0.2, -0.15) is 0 Å². The Hall–Kier alpha value is -1.43. The summed E-state index contributed by atoms with van der Waals surface area (Å²) in [7, 11) is 0. The molecule has 0 spiro atoms. The molecule has 2 amide bonds. The third-order valence-corrected chi connectivity index (χ3v) is 4.01. The number of rotatable bonds is 3. The van der Waals surface area contributed by atoms with Gasteiger partial charge in [-0.3, -0.25) is 19.8 Å². The summed E-state index contributed by atoms with van der Waals surface area (Å²) in [6, 6.07) is 6.68. The van der Waals surface area contributed by atoms with E-state index in [9.17, 15) is 9.59 Å². The van der Waals surface area contributed by atoms with Crippen LogP contribution in [0.3, 0.4) is 0 Å². The fourth-order valence-corrected chi connectivity index (χ4v) is 2.59. The maximum Gasteiger partial charge on any atom is 0.259 e. The Morgan fingerprint density at radius 2 is 2.10 bits per heavy atom. The zero-order valence-corrected chi connectivity index (χ0v) is 13.0. The van der Waals surface area contributed by atoms with Crippen molar-refractivity contribution < 1.29 is 9.59 Å². The lowest BCUT2D eigenvalue weighted by Crippen LogP contribution is -2.60. The highest BCUT2D eigenvalue weighted by molar-refractivity contribution is 6.34. The number of nitrogens with zero attached hydrogens (tertiary/aromatic N) is 1. The first-order valence-corrected chi connectivity index (χ1v) is 7.32. The minimum atomic E-state index is -0.460. The van der Waals surface area contributed by atoms with Gasteiger partial charge in [-0.15, -0.1) is 0 Å². The first-order valence-electron chi connectivity index (χ1n) is 6.94. The molecule has 0 atom stereocenters. The van der Waals surface area contributed by atoms with E-state index in [2.05, 4.69) is 29.4 Å². The van der Waals surface area contributed by atoms with Gasteiger partial charge in [0.05, 0.1) is 17.1 Å². The van der Waals surface area contributed by atoms with Crippen LogP contribution in [0.4, 0.5) is 0 Å². The monoisotopic (exact) mass is 309 g/mol. The first kappa shape index (κ1) is 15.9. The fraction of sp³-hybridized carbons (Fsp3) is 0.467. The maximum atomic E-state index is 12.1. The maximum absolute atomic E-state index is 12.1. The summed E-state index contributed by atoms with van der Waals surface area (Å²) in [5.74, 6) is -0.770. The minimum Gasteiger partial charge on any atom is -0.314 e. The van der Waals surface area contributed by atoms with Crippen molar-refractivity contribution in [3.8, 4) is 0 Å². The zero-order valence-electron chi connectivity index (χ0n) is 12.3. The van der Waals surface area contributed by atoms with Gasteiger partial charge in [-0.25, -0.2) is 0 Å². The number of benzene rings is 1. The summed E-state index contributed by atoms with van der Waals surface area (Å²) < 4.78 is 0. The van der Waals surface area contributed by atoms with E-state index >= 15 is 0 Å². The lowest BCUT2D eigenvalue weighted by atomic mass is 10.0. The number of carbonyl (C=O) groups excluding carboxylic acids is 2. The zero-order chi connectivity index (χ0) is 15.5. The predicted molar refractivity (Wildman–Crippen MR) is 82.4 cm³/mol. The van der Waals surface area contributed by atoms with Crippen LogP contribution in [0, 0.1) is 0 Å². The standard InChI is InChI=1S/C15H20ClN3O2/c1-15(2)10-17-7-8-19(15)9-13(20)18-14(21)11-5-3-4-6-12(11)16/h3-6,17H,7-10H2,1-2H3,(H,18,20,21). The van der Waals surface area contributed by atoms with Crippen LogP contribution in [0.15, 0.2) is 24.3 Å². The molecule has 6 heteroatoms. The van der Waals surface area contributed by atoms with E-state index in [1.807, 2.05) is 0 Å². The summed E-state index contributed by atoms with van der Waals surface area (Å²) in [6.45, 7) is 6.78. The van der Waals surface area contributed by atoms with Crippen LogP contribution >= 0.6 is 11.6 Å². The molecular formula is C15H20ClN3O2. The lowest BCUT2D eigenvalue weighted by Gasteiger charge is -2.42. The second-order valence-corrected chi connectivity index (χ2v) is 6.18. The molecule has 2 rings (SSSR count). The molecule has 0 radical (unpaired) electrons. The second-order valence-electron chi connectivity index (χ2n) is 5.77. The topological polar surface area (TPSA) is 61.4 Å². The smallest absolute Gasteiger partial charge is 0.259 e. The molecule has 1 aliphatic heterocycles. The molecule has 21 heavy (non-hydrogen) atoms. The van der Waals surface area contributed by atoms with E-state index in [0.29, 0.717) is 10.6 Å². The average Bonchev–Trinajstić information content (AvgIpc) is 2.41. The fourth-order valence-electron chi connectivity index (χ4n) is 2.37. The lowest BCUT2D eigenvalue weighted by molar-refractivity contribution is -0.123. The number of piperazine rings is 1. The molecule has 1 aliphatic rings. The number of amides is 2. The molecule has 114 valence electrons. The summed E-state index contributed by atoms with van der Waals surface area (Å²) in [5.41, 5.74) is 0.204. The van der Waals surface area contributed by atoms with Crippen molar-refractivity contribution >= 4 is 23.4 Å². The van der Waals surface area contributed by atoms with Crippen LogP contribution in [0.25, 0.3) is 0 Å². The van der Waals surface area contributed by atoms with Gasteiger partial charge in [0.25, 0.3) is 5.91 Å². The van der Waals surface area contributed by atoms with Gasteiger partial charge in [0.1, 0.15) is 0 Å². The number of imide groups is 1. The summed E-state index contributed by atoms with van der Waals surface area (Å²) >= 11 is 5.95. The molecule has 0 aromatic heterocycles. The van der Waals surface area contributed by atoms with E-state index in [1.165, 1.54) is 0 Å². The second kappa shape index (κ2) is 6.56. The van der Waals surface area contributed by atoms with Crippen molar-refractivity contribution in [1.29, 1.82) is 0 Å². The van der Waals surface area contributed by atoms with Gasteiger partial charge in [0.2, 0.25) is 5.91 Å². The SMILES string of the molecule is CC1(C)CNCCN1CC(=O)NC(=O)c1ccccc1Cl. The van der Waals surface area contributed by atoms with Gasteiger partial charge >= 0.3 is 0 Å². The third kappa shape index (κ3) is 4.03. The molecule has 2 N–H and O–H groups in total. The van der Waals surface area contributed by atoms with Crippen LogP contribution in [0.5, 0.6) is 0 Å². The van der Waals surface area contributed by atoms with Crippen molar-refractivity contribution in [3.63, 3.8) is 0 Å². The van der Waals surface area contributed by atoms with E-state index in [-0.39, 0.29) is 18.0 Å². The highest BCUT2D eigenvalue weighted by atomic mass is 35.5. The Balaban J connectivity index is 1.96. The molecule has 1 aromatic rings. The number of hydrogen-bond donors (Lipinski definition) is 2. The molecular weight excluding hydrogens is 290 g/mol. The van der Waals surface area contributed by atoms with Crippen LogP contribution in [-0.2, 0) is 4.79 Å². The Kier molecular flexibility index (Phi) is 4.98. The average molecular weight is 310 g/mol. The van der Waals surface area contributed by atoms with Crippen LogP contribution in [-0.4, -0.2) is 48.4 Å². The number of carbonyl (C=O) groups is 2. The molecule has 0 unspecified atom stereocenters. The van der Waals surface area contributed by atoms with E-state index < -0.39 is 5.91 Å². The largest absolute Gasteiger partial charge is 0.314 e. The highest BCUT2D eigenvalue weighted by Gasteiger charge is 2.31. The van der Waals surface area contributed by atoms with Gasteiger partial charge in [-0.05, 0) is 26.0 Å². The molecule has 1 heterocycles. The highest BCUT2D eigenvalue weighted by Crippen LogP contribution is 2.16. The molecule has 0 bridgehead atoms. The van der Waals surface area contributed by atoms with Gasteiger partial charge in [0, 0.05) is 25.2 Å². The Labute approximate surface area is 129 Å². The molecule has 0 saturated carbocycles. The summed E-state index contributed by atoms with van der Waals surface area (Å²) in [5, 5.41) is 6.03. The van der Waals surface area contributed by atoms with Gasteiger partial charge in [-0.1, -0.05) is 23.7 Å². The third-order valence-electron chi connectivity index (χ3n) is 3.68. The number of hydrogen-bond acceptors (Lipinski definition) is 4. The van der Waals surface area contributed by atoms with Crippen molar-refractivity contribution in [3.05, 3.63) is 34.9 Å². The number of nitrogens with one attached hydrogen (secondary N) is 2. The van der Waals surface area contributed by atoms with E-state index in [4.69, 9.17) is 11.6 Å². The Morgan fingerprint density at radius 1 is 1.38 bits per heavy atom. The minimum absolute atomic E-state index is 0.108. The predicted octanol–water partition coefficient (Wildman–Crippen LogP) is 1.28. The van der Waals surface area contributed by atoms with Crippen molar-refractivity contribution in [2.24, 2.45) is 0 Å². The summed E-state index contributed by atoms with van der Waals surface area (Å²) in [4.78, 5) is 26.2. The van der Waals surface area contributed by atoms with Crippen LogP contribution in [0.1, 0.15) is 24.2 Å². The molecule has 1 saturated heterocycles. The van der Waals surface area contributed by atoms with E-state index in [1.54, 1.807) is 24.3 Å². The molecule has 1 aromatic carbocycles. The Morgan fingerprint density at radius 3 is 2.76 bits per heavy atom. The molecule has 5 nitrogen and oxygen atoms in total. The van der Waals surface area contributed by atoms with E-state index in [0.717, 1.165) is 19.6 Å². The number of halogens is 1. The van der Waals surface area contributed by atoms with Crippen LogP contribution < -0.4 is 10.6 Å². The van der Waals surface area contributed by atoms with Crippen LogP contribution in [0.2, 0.25) is 5.02 Å². The summed E-state index contributed by atoms with van der Waals surface area (Å²) in [6.07, 6.45) is 0. The Bertz CT molecular complexity index is 545.